The van der Waals surface area contributed by atoms with E-state index in [1.165, 1.54) is 6.08 Å². The van der Waals surface area contributed by atoms with Crippen LogP contribution in [-0.4, -0.2) is 12.4 Å². The first-order valence-corrected chi connectivity index (χ1v) is 7.77. The first-order valence-electron chi connectivity index (χ1n) is 7.01. The van der Waals surface area contributed by atoms with E-state index < -0.39 is 5.78 Å². The average Bonchev–Trinajstić information content (AvgIpc) is 2.58. The number of carbonyl (C=O) groups excluding carboxylic acids is 1. The van der Waals surface area contributed by atoms with Crippen molar-refractivity contribution < 1.29 is 9.53 Å². The molecule has 0 aliphatic carbocycles. The van der Waals surface area contributed by atoms with Crippen LogP contribution in [0.25, 0.3) is 6.08 Å². The number of ketones is 1. The number of hydrogen-bond acceptors (Lipinski definition) is 3. The lowest BCUT2D eigenvalue weighted by molar-refractivity contribution is 0.104. The number of nitriles is 1. The number of hydrogen-bond donors (Lipinski definition) is 0. The molecule has 2 aromatic carbocycles. The van der Waals surface area contributed by atoms with Gasteiger partial charge >= 0.3 is 0 Å². The Kier molecular flexibility index (Phi) is 6.20. The van der Waals surface area contributed by atoms with E-state index in [9.17, 15) is 10.1 Å². The molecule has 24 heavy (non-hydrogen) atoms. The molecule has 0 N–H and O–H groups in total. The van der Waals surface area contributed by atoms with E-state index in [2.05, 4.69) is 6.58 Å². The number of ether oxygens (including phenoxy) is 1. The summed E-state index contributed by atoms with van der Waals surface area (Å²) in [5.41, 5.74) is 0.630. The zero-order valence-electron chi connectivity index (χ0n) is 12.6. The van der Waals surface area contributed by atoms with E-state index >= 15 is 0 Å². The second-order valence-electron chi connectivity index (χ2n) is 4.73. The summed E-state index contributed by atoms with van der Waals surface area (Å²) in [7, 11) is 0. The molecule has 2 rings (SSSR count). The largest absolute Gasteiger partial charge is 0.489 e. The van der Waals surface area contributed by atoms with Gasteiger partial charge in [0, 0.05) is 5.56 Å². The molecule has 3 nitrogen and oxygen atoms in total. The van der Waals surface area contributed by atoms with E-state index in [-0.39, 0.29) is 21.2 Å². The van der Waals surface area contributed by atoms with Crippen LogP contribution in [0.4, 0.5) is 0 Å². The average molecular weight is 358 g/mol. The van der Waals surface area contributed by atoms with Gasteiger partial charge in [0.1, 0.15) is 24.0 Å². The molecular formula is C19H13Cl2NO2. The summed E-state index contributed by atoms with van der Waals surface area (Å²) in [5.74, 6) is 0.00910. The summed E-state index contributed by atoms with van der Waals surface area (Å²) >= 11 is 12.1. The third kappa shape index (κ3) is 4.05. The van der Waals surface area contributed by atoms with Gasteiger partial charge in [-0.1, -0.05) is 60.1 Å². The number of para-hydroxylation sites is 1. The molecule has 0 saturated carbocycles. The lowest BCUT2D eigenvalue weighted by Crippen LogP contribution is -2.04. The fourth-order valence-corrected chi connectivity index (χ4v) is 2.60. The second kappa shape index (κ2) is 8.35. The summed E-state index contributed by atoms with van der Waals surface area (Å²) in [6, 6.07) is 13.7. The fourth-order valence-electron chi connectivity index (χ4n) is 2.03. The minimum atomic E-state index is -0.536. The minimum absolute atomic E-state index is 0.0837. The number of allylic oxidation sites excluding steroid dienone is 1. The standard InChI is InChI=1S/C19H13Cl2NO2/c1-2-10-24-17-9-4-3-6-13(17)11-14(12-22)19(23)18-15(20)7-5-8-16(18)21/h2-9,11H,1,10H2/b14-11+. The van der Waals surface area contributed by atoms with Crippen LogP contribution in [0.1, 0.15) is 15.9 Å². The van der Waals surface area contributed by atoms with Crippen molar-refractivity contribution in [2.24, 2.45) is 0 Å². The molecule has 0 amide bonds. The second-order valence-corrected chi connectivity index (χ2v) is 5.55. The summed E-state index contributed by atoms with van der Waals surface area (Å²) in [5, 5.41) is 9.78. The molecule has 0 bridgehead atoms. The van der Waals surface area contributed by atoms with Crippen LogP contribution in [0.5, 0.6) is 5.75 Å². The van der Waals surface area contributed by atoms with Crippen molar-refractivity contribution in [3.63, 3.8) is 0 Å². The normalized spacial score (nSPS) is 10.8. The maximum atomic E-state index is 12.6. The van der Waals surface area contributed by atoms with Gasteiger partial charge in [-0.2, -0.15) is 5.26 Å². The third-order valence-electron chi connectivity index (χ3n) is 3.13. The number of halogens is 2. The van der Waals surface area contributed by atoms with E-state index in [1.807, 2.05) is 6.07 Å². The van der Waals surface area contributed by atoms with E-state index in [1.54, 1.807) is 48.5 Å². The minimum Gasteiger partial charge on any atom is -0.489 e. The van der Waals surface area contributed by atoms with Crippen molar-refractivity contribution in [3.05, 3.63) is 81.9 Å². The van der Waals surface area contributed by atoms with Gasteiger partial charge in [-0.15, -0.1) is 0 Å². The Morgan fingerprint density at radius 3 is 2.46 bits per heavy atom. The lowest BCUT2D eigenvalue weighted by Gasteiger charge is -2.08. The third-order valence-corrected chi connectivity index (χ3v) is 3.76. The zero-order chi connectivity index (χ0) is 17.5. The van der Waals surface area contributed by atoms with Crippen molar-refractivity contribution >= 4 is 35.1 Å². The van der Waals surface area contributed by atoms with Crippen molar-refractivity contribution in [1.82, 2.24) is 0 Å². The van der Waals surface area contributed by atoms with Gasteiger partial charge < -0.3 is 4.74 Å². The van der Waals surface area contributed by atoms with Crippen LogP contribution in [-0.2, 0) is 0 Å². The molecule has 5 heteroatoms. The lowest BCUT2D eigenvalue weighted by atomic mass is 10.0. The Labute approximate surface area is 150 Å². The highest BCUT2D eigenvalue weighted by Gasteiger charge is 2.19. The number of rotatable bonds is 6. The van der Waals surface area contributed by atoms with E-state index in [0.29, 0.717) is 17.9 Å². The predicted octanol–water partition coefficient (Wildman–Crippen LogP) is 5.35. The van der Waals surface area contributed by atoms with Gasteiger partial charge in [-0.3, -0.25) is 4.79 Å². The maximum absolute atomic E-state index is 12.6. The molecule has 0 radical (unpaired) electrons. The highest BCUT2D eigenvalue weighted by Crippen LogP contribution is 2.28. The zero-order valence-corrected chi connectivity index (χ0v) is 14.1. The summed E-state index contributed by atoms with van der Waals surface area (Å²) in [4.78, 5) is 12.6. The van der Waals surface area contributed by atoms with Gasteiger partial charge in [-0.25, -0.2) is 0 Å². The quantitative estimate of drug-likeness (QED) is 0.303. The highest BCUT2D eigenvalue weighted by atomic mass is 35.5. The molecule has 0 heterocycles. The van der Waals surface area contributed by atoms with Gasteiger partial charge in [0.15, 0.2) is 0 Å². The van der Waals surface area contributed by atoms with Crippen LogP contribution in [0.2, 0.25) is 10.0 Å². The molecule has 120 valence electrons. The van der Waals surface area contributed by atoms with Crippen molar-refractivity contribution in [1.29, 1.82) is 5.26 Å². The molecule has 2 aromatic rings. The number of Topliss-reactive ketones (excluding diaryl/α,β-unsaturated/α-hetero) is 1. The van der Waals surface area contributed by atoms with Crippen molar-refractivity contribution in [2.45, 2.75) is 0 Å². The molecule has 0 atom stereocenters. The molecule has 0 unspecified atom stereocenters. The van der Waals surface area contributed by atoms with Gasteiger partial charge in [0.2, 0.25) is 5.78 Å². The molecule has 0 aliphatic heterocycles. The van der Waals surface area contributed by atoms with Crippen molar-refractivity contribution in [2.75, 3.05) is 6.61 Å². The van der Waals surface area contributed by atoms with Gasteiger partial charge in [0.05, 0.1) is 15.6 Å². The van der Waals surface area contributed by atoms with Crippen LogP contribution in [0.3, 0.4) is 0 Å². The van der Waals surface area contributed by atoms with Crippen LogP contribution < -0.4 is 4.74 Å². The number of nitrogens with zero attached hydrogens (tertiary/aromatic N) is 1. The van der Waals surface area contributed by atoms with Gasteiger partial charge in [0.25, 0.3) is 0 Å². The van der Waals surface area contributed by atoms with E-state index in [0.717, 1.165) is 0 Å². The van der Waals surface area contributed by atoms with Crippen LogP contribution in [0, 0.1) is 11.3 Å². The molecule has 0 spiro atoms. The topological polar surface area (TPSA) is 50.1 Å². The SMILES string of the molecule is C=CCOc1ccccc1/C=C(\C#N)C(=O)c1c(Cl)cccc1Cl. The summed E-state index contributed by atoms with van der Waals surface area (Å²) in [6.07, 6.45) is 3.07. The van der Waals surface area contributed by atoms with Gasteiger partial charge in [-0.05, 0) is 24.3 Å². The Balaban J connectivity index is 2.46. The first-order chi connectivity index (χ1) is 11.6. The molecular weight excluding hydrogens is 345 g/mol. The number of benzene rings is 2. The van der Waals surface area contributed by atoms with Crippen LogP contribution >= 0.6 is 23.2 Å². The summed E-state index contributed by atoms with van der Waals surface area (Å²) in [6.45, 7) is 3.91. The molecule has 0 aromatic heterocycles. The van der Waals surface area contributed by atoms with Crippen LogP contribution in [0.15, 0.2) is 60.7 Å². The fraction of sp³-hybridized carbons (Fsp3) is 0.0526. The molecule has 0 aliphatic rings. The monoisotopic (exact) mass is 357 g/mol. The smallest absolute Gasteiger partial charge is 0.206 e. The highest BCUT2D eigenvalue weighted by molar-refractivity contribution is 6.41. The van der Waals surface area contributed by atoms with E-state index in [4.69, 9.17) is 27.9 Å². The Hall–Kier alpha value is -2.54. The molecule has 0 fully saturated rings. The van der Waals surface area contributed by atoms with Crippen molar-refractivity contribution in [3.8, 4) is 11.8 Å². The Bertz CT molecular complexity index is 830. The molecule has 0 saturated heterocycles. The Morgan fingerprint density at radius 2 is 1.83 bits per heavy atom. The maximum Gasteiger partial charge on any atom is 0.206 e. The Morgan fingerprint density at radius 1 is 1.17 bits per heavy atom. The predicted molar refractivity (Wildman–Crippen MR) is 96.5 cm³/mol. The first kappa shape index (κ1) is 17.8. The summed E-state index contributed by atoms with van der Waals surface area (Å²) < 4.78 is 5.53. The number of carbonyl (C=O) groups is 1.